The average Bonchev–Trinajstić information content (AvgIpc) is 2.46. The van der Waals surface area contributed by atoms with Crippen molar-refractivity contribution < 1.29 is 14.3 Å². The first-order valence-corrected chi connectivity index (χ1v) is 8.10. The van der Waals surface area contributed by atoms with Gasteiger partial charge in [0.25, 0.3) is 0 Å². The van der Waals surface area contributed by atoms with Crippen LogP contribution in [0.25, 0.3) is 0 Å². The highest BCUT2D eigenvalue weighted by Crippen LogP contribution is 2.39. The van der Waals surface area contributed by atoms with Crippen LogP contribution in [-0.4, -0.2) is 17.6 Å². The first-order valence-electron chi connectivity index (χ1n) is 8.10. The molecule has 116 valence electrons. The molecule has 1 fully saturated rings. The van der Waals surface area contributed by atoms with E-state index in [4.69, 9.17) is 4.74 Å². The van der Waals surface area contributed by atoms with E-state index in [1.165, 1.54) is 19.3 Å². The van der Waals surface area contributed by atoms with Crippen LogP contribution in [0.4, 0.5) is 4.79 Å². The summed E-state index contributed by atoms with van der Waals surface area (Å²) < 4.78 is 5.72. The van der Waals surface area contributed by atoms with E-state index in [0.29, 0.717) is 12.3 Å². The number of amides is 2. The van der Waals surface area contributed by atoms with Gasteiger partial charge < -0.3 is 4.74 Å². The molecular weight excluding hydrogens is 254 g/mol. The van der Waals surface area contributed by atoms with Crippen LogP contribution in [-0.2, 0) is 9.53 Å². The predicted molar refractivity (Wildman–Crippen MR) is 79.4 cm³/mol. The second kappa shape index (κ2) is 8.28. The lowest BCUT2D eigenvalue weighted by Crippen LogP contribution is -2.46. The fourth-order valence-electron chi connectivity index (χ4n) is 3.30. The van der Waals surface area contributed by atoms with Gasteiger partial charge in [-0.1, -0.05) is 40.0 Å². The number of carbonyl (C=O) groups excluding carboxylic acids is 2. The molecule has 4 heteroatoms. The summed E-state index contributed by atoms with van der Waals surface area (Å²) in [6, 6.07) is 0. The second-order valence-electron chi connectivity index (χ2n) is 5.79. The van der Waals surface area contributed by atoms with Gasteiger partial charge in [0.15, 0.2) is 0 Å². The van der Waals surface area contributed by atoms with Crippen molar-refractivity contribution >= 4 is 12.0 Å². The van der Waals surface area contributed by atoms with E-state index in [1.807, 2.05) is 6.92 Å². The van der Waals surface area contributed by atoms with Gasteiger partial charge >= 0.3 is 6.09 Å². The predicted octanol–water partition coefficient (Wildman–Crippen LogP) is 4.18. The minimum atomic E-state index is -0.572. The molecule has 0 aliphatic heterocycles. The van der Waals surface area contributed by atoms with Gasteiger partial charge in [0.1, 0.15) is 5.60 Å². The van der Waals surface area contributed by atoms with E-state index in [0.717, 1.165) is 32.1 Å². The van der Waals surface area contributed by atoms with Gasteiger partial charge in [-0.2, -0.15) is 0 Å². The van der Waals surface area contributed by atoms with E-state index in [-0.39, 0.29) is 5.91 Å². The molecular formula is C16H29NO3. The molecule has 2 amide bonds. The van der Waals surface area contributed by atoms with E-state index in [2.05, 4.69) is 19.2 Å². The molecule has 0 aromatic heterocycles. The third kappa shape index (κ3) is 4.50. The van der Waals surface area contributed by atoms with Crippen LogP contribution in [0.5, 0.6) is 0 Å². The first-order chi connectivity index (χ1) is 9.57. The van der Waals surface area contributed by atoms with Crippen LogP contribution in [0.2, 0.25) is 0 Å². The SMILES string of the molecule is CCCC(=O)NC(=O)OC(CC)(CC)C1CCCCC1. The molecule has 0 radical (unpaired) electrons. The molecule has 1 rings (SSSR count). The lowest BCUT2D eigenvalue weighted by molar-refractivity contribution is -0.121. The Hall–Kier alpha value is -1.06. The van der Waals surface area contributed by atoms with Crippen LogP contribution in [0.15, 0.2) is 0 Å². The van der Waals surface area contributed by atoms with Crippen molar-refractivity contribution in [1.29, 1.82) is 0 Å². The normalized spacial score (nSPS) is 16.8. The summed E-state index contributed by atoms with van der Waals surface area (Å²) in [5, 5.41) is 2.34. The summed E-state index contributed by atoms with van der Waals surface area (Å²) in [6.07, 6.45) is 8.10. The molecule has 1 aliphatic carbocycles. The lowest BCUT2D eigenvalue weighted by atomic mass is 9.74. The summed E-state index contributed by atoms with van der Waals surface area (Å²) >= 11 is 0. The Morgan fingerprint density at radius 1 is 1.10 bits per heavy atom. The summed E-state index contributed by atoms with van der Waals surface area (Å²) in [7, 11) is 0. The lowest BCUT2D eigenvalue weighted by Gasteiger charge is -2.40. The van der Waals surface area contributed by atoms with Gasteiger partial charge in [-0.25, -0.2) is 4.79 Å². The smallest absolute Gasteiger partial charge is 0.414 e. The molecule has 0 heterocycles. The van der Waals surface area contributed by atoms with Crippen molar-refractivity contribution in [2.75, 3.05) is 0 Å². The Morgan fingerprint density at radius 3 is 2.20 bits per heavy atom. The van der Waals surface area contributed by atoms with Crippen molar-refractivity contribution in [1.82, 2.24) is 5.32 Å². The molecule has 0 bridgehead atoms. The fraction of sp³-hybridized carbons (Fsp3) is 0.875. The Morgan fingerprint density at radius 2 is 1.70 bits per heavy atom. The largest absolute Gasteiger partial charge is 0.442 e. The molecule has 0 aromatic rings. The van der Waals surface area contributed by atoms with Crippen molar-refractivity contribution in [2.24, 2.45) is 5.92 Å². The number of rotatable bonds is 6. The molecule has 20 heavy (non-hydrogen) atoms. The Labute approximate surface area is 122 Å². The molecule has 1 N–H and O–H groups in total. The minimum Gasteiger partial charge on any atom is -0.442 e. The standard InChI is InChI=1S/C16H29NO3/c1-4-10-14(18)17-15(19)20-16(5-2,6-3)13-11-8-7-9-12-13/h13H,4-12H2,1-3H3,(H,17,18,19). The molecule has 0 unspecified atom stereocenters. The maximum Gasteiger partial charge on any atom is 0.414 e. The van der Waals surface area contributed by atoms with Crippen LogP contribution in [0.1, 0.15) is 78.6 Å². The Bertz CT molecular complexity index is 318. The number of carbonyl (C=O) groups is 2. The van der Waals surface area contributed by atoms with Gasteiger partial charge in [0, 0.05) is 6.42 Å². The molecule has 1 saturated carbocycles. The van der Waals surface area contributed by atoms with Crippen LogP contribution >= 0.6 is 0 Å². The van der Waals surface area contributed by atoms with Crippen LogP contribution < -0.4 is 5.32 Å². The third-order valence-electron chi connectivity index (χ3n) is 4.56. The highest BCUT2D eigenvalue weighted by atomic mass is 16.6. The summed E-state index contributed by atoms with van der Waals surface area (Å²) in [4.78, 5) is 23.4. The molecule has 0 saturated heterocycles. The summed E-state index contributed by atoms with van der Waals surface area (Å²) in [5.41, 5.74) is -0.406. The zero-order valence-electron chi connectivity index (χ0n) is 13.2. The Kier molecular flexibility index (Phi) is 7.03. The van der Waals surface area contributed by atoms with Gasteiger partial charge in [0.2, 0.25) is 5.91 Å². The number of imide groups is 1. The number of alkyl carbamates (subject to hydrolysis) is 1. The molecule has 0 spiro atoms. The quantitative estimate of drug-likeness (QED) is 0.795. The molecule has 0 atom stereocenters. The maximum atomic E-state index is 12.0. The third-order valence-corrected chi connectivity index (χ3v) is 4.56. The second-order valence-corrected chi connectivity index (χ2v) is 5.79. The minimum absolute atomic E-state index is 0.248. The van der Waals surface area contributed by atoms with Crippen LogP contribution in [0, 0.1) is 5.92 Å². The highest BCUT2D eigenvalue weighted by molar-refractivity contribution is 5.91. The number of hydrogen-bond donors (Lipinski definition) is 1. The topological polar surface area (TPSA) is 55.4 Å². The maximum absolute atomic E-state index is 12.0. The van der Waals surface area contributed by atoms with Gasteiger partial charge in [-0.15, -0.1) is 0 Å². The van der Waals surface area contributed by atoms with Gasteiger partial charge in [0.05, 0.1) is 0 Å². The van der Waals surface area contributed by atoms with Crippen LogP contribution in [0.3, 0.4) is 0 Å². The number of hydrogen-bond acceptors (Lipinski definition) is 3. The summed E-state index contributed by atoms with van der Waals surface area (Å²) in [6.45, 7) is 6.05. The molecule has 1 aliphatic rings. The van der Waals surface area contributed by atoms with E-state index >= 15 is 0 Å². The Balaban J connectivity index is 2.65. The zero-order chi connectivity index (χ0) is 15.0. The van der Waals surface area contributed by atoms with Crippen molar-refractivity contribution in [3.05, 3.63) is 0 Å². The fourth-order valence-corrected chi connectivity index (χ4v) is 3.30. The zero-order valence-corrected chi connectivity index (χ0v) is 13.2. The monoisotopic (exact) mass is 283 g/mol. The van der Waals surface area contributed by atoms with E-state index < -0.39 is 11.7 Å². The van der Waals surface area contributed by atoms with Crippen molar-refractivity contribution in [3.63, 3.8) is 0 Å². The average molecular weight is 283 g/mol. The van der Waals surface area contributed by atoms with Crippen molar-refractivity contribution in [2.45, 2.75) is 84.2 Å². The number of ether oxygens (including phenoxy) is 1. The van der Waals surface area contributed by atoms with Gasteiger partial charge in [-0.05, 0) is 38.0 Å². The highest BCUT2D eigenvalue weighted by Gasteiger charge is 2.40. The molecule has 4 nitrogen and oxygen atoms in total. The van der Waals surface area contributed by atoms with E-state index in [1.54, 1.807) is 0 Å². The van der Waals surface area contributed by atoms with Gasteiger partial charge in [-0.3, -0.25) is 10.1 Å². The molecule has 0 aromatic carbocycles. The van der Waals surface area contributed by atoms with E-state index in [9.17, 15) is 9.59 Å². The summed E-state index contributed by atoms with van der Waals surface area (Å²) in [5.74, 6) is 0.181. The number of nitrogens with one attached hydrogen (secondary N) is 1. The van der Waals surface area contributed by atoms with Crippen molar-refractivity contribution in [3.8, 4) is 0 Å². The first kappa shape index (κ1) is 17.0.